The molecule has 0 spiro atoms. The third kappa shape index (κ3) is 2.61. The summed E-state index contributed by atoms with van der Waals surface area (Å²) >= 11 is 0. The van der Waals surface area contributed by atoms with Crippen LogP contribution >= 0.6 is 0 Å². The highest BCUT2D eigenvalue weighted by Gasteiger charge is 2.08. The summed E-state index contributed by atoms with van der Waals surface area (Å²) in [7, 11) is 0. The maximum Gasteiger partial charge on any atom is 0.251 e. The summed E-state index contributed by atoms with van der Waals surface area (Å²) in [4.78, 5) is 16.2. The Hall–Kier alpha value is -1.90. The highest BCUT2D eigenvalue weighted by molar-refractivity contribution is 6.06. The molecule has 0 radical (unpaired) electrons. The number of rotatable bonds is 4. The fourth-order valence-corrected chi connectivity index (χ4v) is 1.78. The standard InChI is InChI=1S/C14H16N2O/c1-2-3-9-16-14(17)12-6-4-8-13-11(12)7-5-10-15-13/h4-8,10H,2-3,9H2,1H3,(H,16,17). The van der Waals surface area contributed by atoms with Gasteiger partial charge in [0.25, 0.3) is 5.91 Å². The first kappa shape index (κ1) is 11.6. The van der Waals surface area contributed by atoms with Crippen molar-refractivity contribution in [3.8, 4) is 0 Å². The second kappa shape index (κ2) is 5.43. The number of nitrogens with zero attached hydrogens (tertiary/aromatic N) is 1. The molecule has 1 aromatic carbocycles. The lowest BCUT2D eigenvalue weighted by atomic mass is 10.1. The summed E-state index contributed by atoms with van der Waals surface area (Å²) in [5.74, 6) is -0.0166. The fourth-order valence-electron chi connectivity index (χ4n) is 1.78. The minimum Gasteiger partial charge on any atom is -0.352 e. The van der Waals surface area contributed by atoms with Crippen molar-refractivity contribution in [1.29, 1.82) is 0 Å². The molecule has 0 saturated carbocycles. The van der Waals surface area contributed by atoms with E-state index >= 15 is 0 Å². The van der Waals surface area contributed by atoms with Crippen molar-refractivity contribution in [2.45, 2.75) is 19.8 Å². The first-order valence-electron chi connectivity index (χ1n) is 5.95. The second-order valence-electron chi connectivity index (χ2n) is 3.99. The number of amides is 1. The van der Waals surface area contributed by atoms with Gasteiger partial charge in [0.15, 0.2) is 0 Å². The van der Waals surface area contributed by atoms with Crippen LogP contribution in [0.15, 0.2) is 36.5 Å². The quantitative estimate of drug-likeness (QED) is 0.817. The van der Waals surface area contributed by atoms with E-state index in [1.54, 1.807) is 6.20 Å². The van der Waals surface area contributed by atoms with Crippen LogP contribution in [0.5, 0.6) is 0 Å². The normalized spacial score (nSPS) is 10.4. The third-order valence-electron chi connectivity index (χ3n) is 2.71. The third-order valence-corrected chi connectivity index (χ3v) is 2.71. The first-order valence-corrected chi connectivity index (χ1v) is 5.95. The van der Waals surface area contributed by atoms with Gasteiger partial charge < -0.3 is 5.32 Å². The first-order chi connectivity index (χ1) is 8.33. The highest BCUT2D eigenvalue weighted by atomic mass is 16.1. The van der Waals surface area contributed by atoms with E-state index in [2.05, 4.69) is 17.2 Å². The van der Waals surface area contributed by atoms with Crippen LogP contribution < -0.4 is 5.32 Å². The number of benzene rings is 1. The number of carbonyl (C=O) groups excluding carboxylic acids is 1. The molecule has 0 aliphatic carbocycles. The maximum atomic E-state index is 12.0. The zero-order valence-electron chi connectivity index (χ0n) is 9.94. The fraction of sp³-hybridized carbons (Fsp3) is 0.286. The number of fused-ring (bicyclic) bond motifs is 1. The van der Waals surface area contributed by atoms with Crippen LogP contribution in [0, 0.1) is 0 Å². The van der Waals surface area contributed by atoms with Gasteiger partial charge in [0.05, 0.1) is 5.52 Å². The summed E-state index contributed by atoms with van der Waals surface area (Å²) in [6.07, 6.45) is 3.83. The molecule has 2 aromatic rings. The number of hydrogen-bond donors (Lipinski definition) is 1. The molecule has 3 nitrogen and oxygen atoms in total. The Kier molecular flexibility index (Phi) is 3.70. The van der Waals surface area contributed by atoms with Crippen molar-refractivity contribution >= 4 is 16.8 Å². The molecule has 0 atom stereocenters. The van der Waals surface area contributed by atoms with E-state index in [9.17, 15) is 4.79 Å². The van der Waals surface area contributed by atoms with Crippen molar-refractivity contribution in [3.05, 3.63) is 42.1 Å². The summed E-state index contributed by atoms with van der Waals surface area (Å²) in [6.45, 7) is 2.83. The molecule has 0 aliphatic rings. The van der Waals surface area contributed by atoms with Gasteiger partial charge in [-0.1, -0.05) is 25.5 Å². The minimum atomic E-state index is -0.0166. The van der Waals surface area contributed by atoms with Crippen LogP contribution in [0.2, 0.25) is 0 Å². The van der Waals surface area contributed by atoms with Gasteiger partial charge in [0, 0.05) is 23.7 Å². The molecule has 3 heteroatoms. The molecule has 1 amide bonds. The Morgan fingerprint density at radius 3 is 3.00 bits per heavy atom. The molecule has 0 saturated heterocycles. The van der Waals surface area contributed by atoms with Gasteiger partial charge in [-0.05, 0) is 24.6 Å². The van der Waals surface area contributed by atoms with Crippen molar-refractivity contribution in [2.24, 2.45) is 0 Å². The van der Waals surface area contributed by atoms with Gasteiger partial charge in [-0.3, -0.25) is 9.78 Å². The van der Waals surface area contributed by atoms with E-state index in [0.717, 1.165) is 30.3 Å². The van der Waals surface area contributed by atoms with E-state index in [4.69, 9.17) is 0 Å². The topological polar surface area (TPSA) is 42.0 Å². The van der Waals surface area contributed by atoms with E-state index in [1.807, 2.05) is 30.3 Å². The Labute approximate surface area is 101 Å². The molecular weight excluding hydrogens is 212 g/mol. The van der Waals surface area contributed by atoms with Gasteiger partial charge in [-0.15, -0.1) is 0 Å². The van der Waals surface area contributed by atoms with Crippen molar-refractivity contribution in [3.63, 3.8) is 0 Å². The van der Waals surface area contributed by atoms with E-state index < -0.39 is 0 Å². The lowest BCUT2D eigenvalue weighted by Crippen LogP contribution is -2.24. The number of aromatic nitrogens is 1. The number of nitrogens with one attached hydrogen (secondary N) is 1. The van der Waals surface area contributed by atoms with Crippen LogP contribution in [0.25, 0.3) is 10.9 Å². The summed E-state index contributed by atoms with van der Waals surface area (Å²) in [5.41, 5.74) is 1.56. The molecular formula is C14H16N2O. The molecule has 0 unspecified atom stereocenters. The van der Waals surface area contributed by atoms with E-state index in [-0.39, 0.29) is 5.91 Å². The minimum absolute atomic E-state index is 0.0166. The number of carbonyl (C=O) groups is 1. The molecule has 88 valence electrons. The average molecular weight is 228 g/mol. The zero-order chi connectivity index (χ0) is 12.1. The van der Waals surface area contributed by atoms with Crippen LogP contribution in [0.1, 0.15) is 30.1 Å². The number of unbranched alkanes of at least 4 members (excludes halogenated alkanes) is 1. The van der Waals surface area contributed by atoms with E-state index in [0.29, 0.717) is 5.56 Å². The summed E-state index contributed by atoms with van der Waals surface area (Å²) < 4.78 is 0. The van der Waals surface area contributed by atoms with Gasteiger partial charge in [0.2, 0.25) is 0 Å². The second-order valence-corrected chi connectivity index (χ2v) is 3.99. The Balaban J connectivity index is 2.26. The van der Waals surface area contributed by atoms with Crippen molar-refractivity contribution in [1.82, 2.24) is 10.3 Å². The van der Waals surface area contributed by atoms with E-state index in [1.165, 1.54) is 0 Å². The average Bonchev–Trinajstić information content (AvgIpc) is 2.38. The lowest BCUT2D eigenvalue weighted by Gasteiger charge is -2.06. The maximum absolute atomic E-state index is 12.0. The number of pyridine rings is 1. The molecule has 1 heterocycles. The molecule has 17 heavy (non-hydrogen) atoms. The van der Waals surface area contributed by atoms with Crippen LogP contribution in [0.4, 0.5) is 0 Å². The summed E-state index contributed by atoms with van der Waals surface area (Å²) in [5, 5.41) is 3.83. The molecule has 0 bridgehead atoms. The molecule has 2 rings (SSSR count). The van der Waals surface area contributed by atoms with Crippen molar-refractivity contribution < 1.29 is 4.79 Å². The Morgan fingerprint density at radius 1 is 1.29 bits per heavy atom. The van der Waals surface area contributed by atoms with Crippen LogP contribution in [0.3, 0.4) is 0 Å². The summed E-state index contributed by atoms with van der Waals surface area (Å²) in [6, 6.07) is 9.40. The van der Waals surface area contributed by atoms with Gasteiger partial charge >= 0.3 is 0 Å². The molecule has 1 N–H and O–H groups in total. The molecule has 1 aromatic heterocycles. The van der Waals surface area contributed by atoms with Crippen LogP contribution in [-0.4, -0.2) is 17.4 Å². The SMILES string of the molecule is CCCCNC(=O)c1cccc2ncccc12. The lowest BCUT2D eigenvalue weighted by molar-refractivity contribution is 0.0955. The monoisotopic (exact) mass is 228 g/mol. The van der Waals surface area contributed by atoms with Gasteiger partial charge in [0.1, 0.15) is 0 Å². The van der Waals surface area contributed by atoms with Crippen LogP contribution in [-0.2, 0) is 0 Å². The number of hydrogen-bond acceptors (Lipinski definition) is 2. The molecule has 0 aliphatic heterocycles. The smallest absolute Gasteiger partial charge is 0.251 e. The van der Waals surface area contributed by atoms with Gasteiger partial charge in [-0.25, -0.2) is 0 Å². The highest BCUT2D eigenvalue weighted by Crippen LogP contribution is 2.16. The predicted molar refractivity (Wildman–Crippen MR) is 69.0 cm³/mol. The predicted octanol–water partition coefficient (Wildman–Crippen LogP) is 2.76. The largest absolute Gasteiger partial charge is 0.352 e. The molecule has 0 fully saturated rings. The Bertz CT molecular complexity index is 517. The van der Waals surface area contributed by atoms with Crippen molar-refractivity contribution in [2.75, 3.05) is 6.54 Å². The zero-order valence-corrected chi connectivity index (χ0v) is 9.94. The Morgan fingerprint density at radius 2 is 2.18 bits per heavy atom. The van der Waals surface area contributed by atoms with Gasteiger partial charge in [-0.2, -0.15) is 0 Å².